The van der Waals surface area contributed by atoms with Crippen molar-refractivity contribution in [1.29, 1.82) is 0 Å². The number of benzene rings is 2. The maximum atomic E-state index is 12.8. The molecule has 1 N–H and O–H groups in total. The second kappa shape index (κ2) is 6.27. The average molecular weight is 384 g/mol. The largest absolute Gasteiger partial charge is 0.462 e. The van der Waals surface area contributed by atoms with E-state index in [9.17, 15) is 9.59 Å². The first kappa shape index (κ1) is 16.6. The van der Waals surface area contributed by atoms with Crippen molar-refractivity contribution >= 4 is 29.2 Å². The number of nitrogens with one attached hydrogen (secondary N) is 1. The van der Waals surface area contributed by atoms with E-state index in [0.29, 0.717) is 22.2 Å². The molecular weight excluding hydrogens is 366 g/mol. The molecule has 2 aromatic carbocycles. The number of carbonyl (C=O) groups excluding carboxylic acids is 2. The minimum absolute atomic E-state index is 0.0396. The summed E-state index contributed by atoms with van der Waals surface area (Å²) in [5.41, 5.74) is 0.678. The van der Waals surface area contributed by atoms with Crippen LogP contribution >= 0.6 is 11.6 Å². The molecule has 2 bridgehead atoms. The molecule has 2 aliphatic carbocycles. The fraction of sp³-hybridized carbons (Fsp3) is 0.333. The fourth-order valence-electron chi connectivity index (χ4n) is 4.85. The Morgan fingerprint density at radius 2 is 1.89 bits per heavy atom. The number of rotatable bonds is 4. The van der Waals surface area contributed by atoms with Crippen LogP contribution < -0.4 is 10.1 Å². The van der Waals surface area contributed by atoms with Crippen molar-refractivity contribution in [1.82, 2.24) is 0 Å². The number of para-hydroxylation sites is 1. The van der Waals surface area contributed by atoms with Gasteiger partial charge in [0.05, 0.1) is 16.9 Å². The maximum Gasteiger partial charge on any atom is 0.310 e. The van der Waals surface area contributed by atoms with Gasteiger partial charge in [0.25, 0.3) is 0 Å². The number of fused-ring (bicyclic) bond motifs is 1. The summed E-state index contributed by atoms with van der Waals surface area (Å²) in [6.45, 7) is 0. The van der Waals surface area contributed by atoms with E-state index in [1.807, 2.05) is 12.1 Å². The van der Waals surface area contributed by atoms with Crippen LogP contribution in [-0.4, -0.2) is 18.0 Å². The fourth-order valence-corrected chi connectivity index (χ4v) is 5.02. The lowest BCUT2D eigenvalue weighted by molar-refractivity contribution is -0.145. The lowest BCUT2D eigenvalue weighted by atomic mass is 9.79. The number of halogens is 1. The molecule has 3 fully saturated rings. The Morgan fingerprint density at radius 3 is 2.67 bits per heavy atom. The summed E-state index contributed by atoms with van der Waals surface area (Å²) in [5, 5.41) is 3.48. The van der Waals surface area contributed by atoms with Crippen LogP contribution in [0.1, 0.15) is 12.8 Å². The van der Waals surface area contributed by atoms with Crippen LogP contribution in [0.4, 0.5) is 5.69 Å². The highest BCUT2D eigenvalue weighted by Gasteiger charge is 2.63. The monoisotopic (exact) mass is 383 g/mol. The van der Waals surface area contributed by atoms with Gasteiger partial charge in [-0.1, -0.05) is 23.7 Å². The van der Waals surface area contributed by atoms with Gasteiger partial charge in [0, 0.05) is 11.6 Å². The molecule has 2 saturated carbocycles. The zero-order valence-corrected chi connectivity index (χ0v) is 15.2. The first-order valence-electron chi connectivity index (χ1n) is 9.14. The molecule has 1 heterocycles. The van der Waals surface area contributed by atoms with E-state index in [-0.39, 0.29) is 41.7 Å². The second-order valence-electron chi connectivity index (χ2n) is 7.47. The summed E-state index contributed by atoms with van der Waals surface area (Å²) in [6.07, 6.45) is 1.78. The van der Waals surface area contributed by atoms with Crippen molar-refractivity contribution in [2.45, 2.75) is 18.9 Å². The molecule has 2 aromatic rings. The molecule has 5 atom stereocenters. The Labute approximate surface area is 161 Å². The molecule has 3 aliphatic rings. The van der Waals surface area contributed by atoms with Crippen LogP contribution in [0.5, 0.6) is 11.5 Å². The molecule has 6 heteroatoms. The van der Waals surface area contributed by atoms with Crippen LogP contribution in [-0.2, 0) is 14.3 Å². The van der Waals surface area contributed by atoms with Gasteiger partial charge in [-0.05, 0) is 55.2 Å². The minimum Gasteiger partial charge on any atom is -0.462 e. The summed E-state index contributed by atoms with van der Waals surface area (Å²) >= 11 is 6.10. The van der Waals surface area contributed by atoms with Crippen molar-refractivity contribution in [3.05, 3.63) is 53.6 Å². The molecule has 0 aromatic heterocycles. The summed E-state index contributed by atoms with van der Waals surface area (Å²) in [7, 11) is 0. The smallest absolute Gasteiger partial charge is 0.310 e. The molecule has 1 aliphatic heterocycles. The van der Waals surface area contributed by atoms with E-state index >= 15 is 0 Å². The molecule has 138 valence electrons. The molecule has 1 amide bonds. The van der Waals surface area contributed by atoms with E-state index in [0.717, 1.165) is 12.8 Å². The minimum atomic E-state index is -0.277. The molecule has 27 heavy (non-hydrogen) atoms. The van der Waals surface area contributed by atoms with E-state index in [1.165, 1.54) is 0 Å². The van der Waals surface area contributed by atoms with Crippen LogP contribution in [0, 0.1) is 23.7 Å². The highest BCUT2D eigenvalue weighted by molar-refractivity contribution is 6.32. The number of amides is 1. The van der Waals surface area contributed by atoms with Crippen molar-refractivity contribution in [2.75, 3.05) is 5.32 Å². The van der Waals surface area contributed by atoms with E-state index < -0.39 is 0 Å². The van der Waals surface area contributed by atoms with Crippen LogP contribution in [0.15, 0.2) is 48.5 Å². The number of hydrogen-bond acceptors (Lipinski definition) is 4. The SMILES string of the molecule is O=C(Nc1ccc(Oc2ccccc2Cl)cc1)[C@H]1[C@@H]2C[C@H]3[C@@H]1C(=O)O[C@@H]3C2. The first-order chi connectivity index (χ1) is 13.1. The second-order valence-corrected chi connectivity index (χ2v) is 7.88. The van der Waals surface area contributed by atoms with Crippen molar-refractivity contribution < 1.29 is 19.1 Å². The standard InChI is InChI=1S/C21H18ClNO4/c22-15-3-1-2-4-16(15)26-13-7-5-12(6-8-13)23-20(24)18-11-9-14-17(10-11)27-21(25)19(14)18/h1-8,11,14,17-19H,9-10H2,(H,23,24)/t11-,14-,17-,18+,19+/m1/s1. The van der Waals surface area contributed by atoms with Crippen LogP contribution in [0.3, 0.4) is 0 Å². The third kappa shape index (κ3) is 2.77. The van der Waals surface area contributed by atoms with Gasteiger partial charge in [0.1, 0.15) is 17.6 Å². The molecule has 1 saturated heterocycles. The van der Waals surface area contributed by atoms with Gasteiger partial charge in [-0.15, -0.1) is 0 Å². The Morgan fingerprint density at radius 1 is 1.11 bits per heavy atom. The van der Waals surface area contributed by atoms with E-state index in [2.05, 4.69) is 5.32 Å². The van der Waals surface area contributed by atoms with Crippen LogP contribution in [0.2, 0.25) is 5.02 Å². The predicted octanol–water partition coefficient (Wildman–Crippen LogP) is 4.27. The van der Waals surface area contributed by atoms with Gasteiger partial charge in [-0.2, -0.15) is 0 Å². The van der Waals surface area contributed by atoms with Gasteiger partial charge in [0.2, 0.25) is 5.91 Å². The quantitative estimate of drug-likeness (QED) is 0.801. The summed E-state index contributed by atoms with van der Waals surface area (Å²) < 4.78 is 11.2. The number of hydrogen-bond donors (Lipinski definition) is 1. The van der Waals surface area contributed by atoms with Crippen molar-refractivity contribution in [3.63, 3.8) is 0 Å². The summed E-state index contributed by atoms with van der Waals surface area (Å²) in [4.78, 5) is 24.9. The lowest BCUT2D eigenvalue weighted by Crippen LogP contribution is -2.35. The number of carbonyl (C=O) groups is 2. The molecule has 5 nitrogen and oxygen atoms in total. The van der Waals surface area contributed by atoms with Crippen LogP contribution in [0.25, 0.3) is 0 Å². The first-order valence-corrected chi connectivity index (χ1v) is 9.52. The summed E-state index contributed by atoms with van der Waals surface area (Å²) in [6, 6.07) is 14.4. The average Bonchev–Trinajstić information content (AvgIpc) is 3.27. The topological polar surface area (TPSA) is 64.6 Å². The predicted molar refractivity (Wildman–Crippen MR) is 99.7 cm³/mol. The van der Waals surface area contributed by atoms with Crippen molar-refractivity contribution in [2.24, 2.45) is 23.7 Å². The zero-order chi connectivity index (χ0) is 18.5. The number of esters is 1. The molecular formula is C21H18ClNO4. The Balaban J connectivity index is 1.27. The Bertz CT molecular complexity index is 911. The van der Waals surface area contributed by atoms with Gasteiger partial charge >= 0.3 is 5.97 Å². The molecule has 5 rings (SSSR count). The summed E-state index contributed by atoms with van der Waals surface area (Å²) in [5.74, 6) is 0.842. The van der Waals surface area contributed by atoms with Gasteiger partial charge in [0.15, 0.2) is 0 Å². The number of anilines is 1. The van der Waals surface area contributed by atoms with Gasteiger partial charge in [-0.25, -0.2) is 0 Å². The van der Waals surface area contributed by atoms with E-state index in [1.54, 1.807) is 36.4 Å². The molecule has 0 unspecified atom stereocenters. The van der Waals surface area contributed by atoms with Gasteiger partial charge < -0.3 is 14.8 Å². The third-order valence-corrected chi connectivity index (χ3v) is 6.28. The molecule has 0 spiro atoms. The Hall–Kier alpha value is -2.53. The Kier molecular flexibility index (Phi) is 3.86. The maximum absolute atomic E-state index is 12.8. The molecule has 0 radical (unpaired) electrons. The highest BCUT2D eigenvalue weighted by Crippen LogP contribution is 2.57. The van der Waals surface area contributed by atoms with E-state index in [4.69, 9.17) is 21.1 Å². The van der Waals surface area contributed by atoms with Crippen molar-refractivity contribution in [3.8, 4) is 11.5 Å². The van der Waals surface area contributed by atoms with Gasteiger partial charge in [-0.3, -0.25) is 9.59 Å². The normalized spacial score (nSPS) is 30.3. The third-order valence-electron chi connectivity index (χ3n) is 5.97. The zero-order valence-electron chi connectivity index (χ0n) is 14.4. The highest BCUT2D eigenvalue weighted by atomic mass is 35.5. The number of ether oxygens (including phenoxy) is 2. The lowest BCUT2D eigenvalue weighted by Gasteiger charge is -2.23.